The molecule has 1 heterocycles. The van der Waals surface area contributed by atoms with E-state index in [1.807, 2.05) is 0 Å². The van der Waals surface area contributed by atoms with E-state index in [1.54, 1.807) is 31.2 Å². The number of carbonyl (C=O) groups excluding carboxylic acids is 2. The molecule has 1 aliphatic rings. The summed E-state index contributed by atoms with van der Waals surface area (Å²) in [5, 5.41) is 3.88. The summed E-state index contributed by atoms with van der Waals surface area (Å²) < 4.78 is 20.5. The van der Waals surface area contributed by atoms with Crippen LogP contribution in [0.15, 0.2) is 29.4 Å². The Bertz CT molecular complexity index is 610. The summed E-state index contributed by atoms with van der Waals surface area (Å²) in [4.78, 5) is 22.9. The first-order valence-corrected chi connectivity index (χ1v) is 7.40. The molecule has 1 aromatic carbocycles. The molecule has 0 atom stereocenters. The molecule has 24 heavy (non-hydrogen) atoms. The van der Waals surface area contributed by atoms with Crippen LogP contribution in [0.2, 0.25) is 0 Å². The van der Waals surface area contributed by atoms with E-state index >= 15 is 0 Å². The maximum Gasteiger partial charge on any atom is 0.343 e. The predicted molar refractivity (Wildman–Crippen MR) is 84.6 cm³/mol. The van der Waals surface area contributed by atoms with Gasteiger partial charge in [-0.2, -0.15) is 5.10 Å². The standard InChI is InChI=1S/C16H20N2O6/c1-16(23-6-7-24-16)9-14(19)18-17-10-12-4-3-5-13(8-12)22-11-15(20)21-2/h3-5,8,10H,6-7,9,11H2,1-2H3,(H,18,19)/b17-10-. The molecule has 0 aliphatic carbocycles. The summed E-state index contributed by atoms with van der Waals surface area (Å²) in [7, 11) is 1.29. The lowest BCUT2D eigenvalue weighted by Gasteiger charge is -2.20. The number of hydrogen-bond donors (Lipinski definition) is 1. The smallest absolute Gasteiger partial charge is 0.343 e. The number of benzene rings is 1. The molecule has 8 nitrogen and oxygen atoms in total. The van der Waals surface area contributed by atoms with Gasteiger partial charge in [0, 0.05) is 0 Å². The van der Waals surface area contributed by atoms with Crippen LogP contribution in [0.4, 0.5) is 0 Å². The summed E-state index contributed by atoms with van der Waals surface area (Å²) >= 11 is 0. The highest BCUT2D eigenvalue weighted by molar-refractivity contribution is 5.83. The van der Waals surface area contributed by atoms with Crippen LogP contribution >= 0.6 is 0 Å². The van der Waals surface area contributed by atoms with Gasteiger partial charge in [-0.15, -0.1) is 0 Å². The first-order chi connectivity index (χ1) is 11.5. The highest BCUT2D eigenvalue weighted by Gasteiger charge is 2.33. The van der Waals surface area contributed by atoms with Gasteiger partial charge in [0.25, 0.3) is 0 Å². The molecule has 130 valence electrons. The van der Waals surface area contributed by atoms with E-state index in [0.717, 1.165) is 0 Å². The molecule has 0 bridgehead atoms. The largest absolute Gasteiger partial charge is 0.482 e. The zero-order chi connectivity index (χ0) is 17.4. The van der Waals surface area contributed by atoms with E-state index in [2.05, 4.69) is 15.3 Å². The number of carbonyl (C=O) groups is 2. The fourth-order valence-electron chi connectivity index (χ4n) is 2.05. The molecular formula is C16H20N2O6. The Kier molecular flexibility index (Phi) is 6.28. The predicted octanol–water partition coefficient (Wildman–Crippen LogP) is 0.842. The second kappa shape index (κ2) is 8.42. The number of hydrogen-bond acceptors (Lipinski definition) is 7. The lowest BCUT2D eigenvalue weighted by Crippen LogP contribution is -2.33. The van der Waals surface area contributed by atoms with Crippen molar-refractivity contribution in [3.63, 3.8) is 0 Å². The molecule has 0 spiro atoms. The van der Waals surface area contributed by atoms with Crippen molar-refractivity contribution >= 4 is 18.1 Å². The van der Waals surface area contributed by atoms with Crippen LogP contribution in [0.5, 0.6) is 5.75 Å². The lowest BCUT2D eigenvalue weighted by molar-refractivity contribution is -0.159. The number of nitrogens with one attached hydrogen (secondary N) is 1. The van der Waals surface area contributed by atoms with Crippen LogP contribution in [0.25, 0.3) is 0 Å². The summed E-state index contributed by atoms with van der Waals surface area (Å²) in [5.74, 6) is -1.17. The van der Waals surface area contributed by atoms with Crippen molar-refractivity contribution in [3.05, 3.63) is 29.8 Å². The fourth-order valence-corrected chi connectivity index (χ4v) is 2.05. The molecule has 1 N–H and O–H groups in total. The molecule has 1 aromatic rings. The summed E-state index contributed by atoms with van der Waals surface area (Å²) in [6.45, 7) is 2.49. The topological polar surface area (TPSA) is 95.5 Å². The molecule has 1 saturated heterocycles. The Morgan fingerprint density at radius 2 is 2.12 bits per heavy atom. The Morgan fingerprint density at radius 1 is 1.38 bits per heavy atom. The maximum atomic E-state index is 11.8. The van der Waals surface area contributed by atoms with Gasteiger partial charge < -0.3 is 18.9 Å². The van der Waals surface area contributed by atoms with Gasteiger partial charge in [-0.25, -0.2) is 10.2 Å². The minimum Gasteiger partial charge on any atom is -0.482 e. The van der Waals surface area contributed by atoms with E-state index < -0.39 is 11.8 Å². The SMILES string of the molecule is COC(=O)COc1cccc(/C=N\NC(=O)CC2(C)OCCO2)c1. The molecule has 1 fully saturated rings. The zero-order valence-electron chi connectivity index (χ0n) is 13.6. The van der Waals surface area contributed by atoms with Crippen LogP contribution in [-0.4, -0.2) is 50.8 Å². The van der Waals surface area contributed by atoms with Crippen LogP contribution < -0.4 is 10.2 Å². The van der Waals surface area contributed by atoms with E-state index in [0.29, 0.717) is 24.5 Å². The Hall–Kier alpha value is -2.45. The Morgan fingerprint density at radius 3 is 2.83 bits per heavy atom. The molecule has 0 radical (unpaired) electrons. The van der Waals surface area contributed by atoms with Crippen molar-refractivity contribution in [2.24, 2.45) is 5.10 Å². The zero-order valence-corrected chi connectivity index (χ0v) is 13.6. The van der Waals surface area contributed by atoms with Crippen molar-refractivity contribution in [1.82, 2.24) is 5.43 Å². The second-order valence-corrected chi connectivity index (χ2v) is 5.24. The third-order valence-corrected chi connectivity index (χ3v) is 3.23. The third kappa shape index (κ3) is 5.64. The van der Waals surface area contributed by atoms with Gasteiger partial charge in [-0.3, -0.25) is 4.79 Å². The number of ether oxygens (including phenoxy) is 4. The molecule has 8 heteroatoms. The lowest BCUT2D eigenvalue weighted by atomic mass is 10.2. The minimum absolute atomic E-state index is 0.0621. The van der Waals surface area contributed by atoms with Crippen molar-refractivity contribution in [1.29, 1.82) is 0 Å². The Labute approximate surface area is 139 Å². The van der Waals surface area contributed by atoms with E-state index in [1.165, 1.54) is 13.3 Å². The molecular weight excluding hydrogens is 316 g/mol. The van der Waals surface area contributed by atoms with Gasteiger partial charge in [-0.05, 0) is 24.6 Å². The number of nitrogens with zero attached hydrogens (tertiary/aromatic N) is 1. The average Bonchev–Trinajstić information content (AvgIpc) is 2.99. The minimum atomic E-state index is -0.888. The quantitative estimate of drug-likeness (QED) is 0.450. The van der Waals surface area contributed by atoms with Crippen molar-refractivity contribution in [3.8, 4) is 5.75 Å². The molecule has 1 aliphatic heterocycles. The third-order valence-electron chi connectivity index (χ3n) is 3.23. The number of hydrazone groups is 1. The fraction of sp³-hybridized carbons (Fsp3) is 0.438. The normalized spacial score (nSPS) is 16.1. The number of rotatable bonds is 7. The van der Waals surface area contributed by atoms with Gasteiger partial charge in [0.15, 0.2) is 12.4 Å². The van der Waals surface area contributed by atoms with Crippen LogP contribution in [0.1, 0.15) is 18.9 Å². The summed E-state index contributed by atoms with van der Waals surface area (Å²) in [6, 6.07) is 6.92. The molecule has 2 rings (SSSR count). The second-order valence-electron chi connectivity index (χ2n) is 5.24. The number of methoxy groups -OCH3 is 1. The first kappa shape index (κ1) is 17.9. The van der Waals surface area contributed by atoms with Crippen molar-refractivity contribution in [2.45, 2.75) is 19.1 Å². The van der Waals surface area contributed by atoms with Crippen LogP contribution in [-0.2, 0) is 23.8 Å². The van der Waals surface area contributed by atoms with Gasteiger partial charge in [-0.1, -0.05) is 12.1 Å². The average molecular weight is 336 g/mol. The van der Waals surface area contributed by atoms with Crippen LogP contribution in [0, 0.1) is 0 Å². The molecule has 0 aromatic heterocycles. The summed E-state index contributed by atoms with van der Waals surface area (Å²) in [5.41, 5.74) is 3.12. The molecule has 0 unspecified atom stereocenters. The van der Waals surface area contributed by atoms with E-state index in [9.17, 15) is 9.59 Å². The number of amides is 1. The maximum absolute atomic E-state index is 11.8. The van der Waals surface area contributed by atoms with Gasteiger partial charge >= 0.3 is 5.97 Å². The van der Waals surface area contributed by atoms with Crippen molar-refractivity contribution < 1.29 is 28.5 Å². The van der Waals surface area contributed by atoms with E-state index in [4.69, 9.17) is 14.2 Å². The molecule has 0 saturated carbocycles. The van der Waals surface area contributed by atoms with Gasteiger partial charge in [0.2, 0.25) is 5.91 Å². The highest BCUT2D eigenvalue weighted by atomic mass is 16.7. The monoisotopic (exact) mass is 336 g/mol. The number of esters is 1. The summed E-state index contributed by atoms with van der Waals surface area (Å²) in [6.07, 6.45) is 1.54. The first-order valence-electron chi connectivity index (χ1n) is 7.40. The van der Waals surface area contributed by atoms with Crippen LogP contribution in [0.3, 0.4) is 0 Å². The van der Waals surface area contributed by atoms with E-state index in [-0.39, 0.29) is 18.9 Å². The molecule has 1 amide bonds. The van der Waals surface area contributed by atoms with Gasteiger partial charge in [0.05, 0.1) is 33.0 Å². The Balaban J connectivity index is 1.83. The highest BCUT2D eigenvalue weighted by Crippen LogP contribution is 2.22. The van der Waals surface area contributed by atoms with Crippen molar-refractivity contribution in [2.75, 3.05) is 26.9 Å². The van der Waals surface area contributed by atoms with Gasteiger partial charge in [0.1, 0.15) is 5.75 Å².